The summed E-state index contributed by atoms with van der Waals surface area (Å²) in [4.78, 5) is 2.65. The fraction of sp³-hybridized carbons (Fsp3) is 1.00. The summed E-state index contributed by atoms with van der Waals surface area (Å²) >= 11 is 0. The lowest BCUT2D eigenvalue weighted by Gasteiger charge is -2.37. The van der Waals surface area contributed by atoms with Gasteiger partial charge in [-0.05, 0) is 39.8 Å². The van der Waals surface area contributed by atoms with E-state index in [2.05, 4.69) is 37.9 Å². The second kappa shape index (κ2) is 8.93. The molecule has 1 aliphatic rings. The van der Waals surface area contributed by atoms with E-state index in [4.69, 9.17) is 4.74 Å². The van der Waals surface area contributed by atoms with Gasteiger partial charge in [0, 0.05) is 31.2 Å². The maximum absolute atomic E-state index is 5.70. The SMILES string of the molecule is CCCCCN(CC1(CNCC)CCOC1)C(C)C. The molecular formula is C16H34N2O. The molecule has 1 heterocycles. The van der Waals surface area contributed by atoms with Crippen molar-refractivity contribution in [2.24, 2.45) is 5.41 Å². The van der Waals surface area contributed by atoms with Gasteiger partial charge in [0.15, 0.2) is 0 Å². The average molecular weight is 270 g/mol. The number of hydrogen-bond acceptors (Lipinski definition) is 3. The van der Waals surface area contributed by atoms with Crippen LogP contribution in [0.2, 0.25) is 0 Å². The van der Waals surface area contributed by atoms with Crippen LogP contribution in [0.4, 0.5) is 0 Å². The first-order chi connectivity index (χ1) is 9.13. The Hall–Kier alpha value is -0.120. The molecule has 0 bridgehead atoms. The molecule has 3 heteroatoms. The molecule has 1 N–H and O–H groups in total. The minimum Gasteiger partial charge on any atom is -0.381 e. The van der Waals surface area contributed by atoms with Crippen LogP contribution in [-0.4, -0.2) is 50.3 Å². The Labute approximate surface area is 120 Å². The molecular weight excluding hydrogens is 236 g/mol. The normalized spacial score (nSPS) is 23.7. The second-order valence-corrected chi connectivity index (χ2v) is 6.35. The number of rotatable bonds is 10. The molecule has 1 unspecified atom stereocenters. The first kappa shape index (κ1) is 16.9. The number of ether oxygens (including phenoxy) is 1. The summed E-state index contributed by atoms with van der Waals surface area (Å²) in [5, 5.41) is 3.54. The first-order valence-corrected chi connectivity index (χ1v) is 8.16. The van der Waals surface area contributed by atoms with Crippen molar-refractivity contribution in [3.05, 3.63) is 0 Å². The molecule has 0 saturated carbocycles. The van der Waals surface area contributed by atoms with Gasteiger partial charge in [0.1, 0.15) is 0 Å². The van der Waals surface area contributed by atoms with Gasteiger partial charge in [-0.1, -0.05) is 26.7 Å². The van der Waals surface area contributed by atoms with E-state index in [1.807, 2.05) is 0 Å². The lowest BCUT2D eigenvalue weighted by molar-refractivity contribution is 0.0920. The Balaban J connectivity index is 2.52. The molecule has 19 heavy (non-hydrogen) atoms. The van der Waals surface area contributed by atoms with E-state index in [0.717, 1.165) is 26.3 Å². The summed E-state index contributed by atoms with van der Waals surface area (Å²) in [5.41, 5.74) is 0.340. The Morgan fingerprint density at radius 2 is 2.05 bits per heavy atom. The van der Waals surface area contributed by atoms with Crippen molar-refractivity contribution in [3.8, 4) is 0 Å². The van der Waals surface area contributed by atoms with Gasteiger partial charge in [0.05, 0.1) is 6.61 Å². The molecule has 0 aromatic heterocycles. The third kappa shape index (κ3) is 5.80. The summed E-state index contributed by atoms with van der Waals surface area (Å²) in [6, 6.07) is 0.635. The maximum atomic E-state index is 5.70. The van der Waals surface area contributed by atoms with Crippen molar-refractivity contribution in [1.29, 1.82) is 0 Å². The molecule has 1 fully saturated rings. The topological polar surface area (TPSA) is 24.5 Å². The molecule has 1 atom stereocenters. The van der Waals surface area contributed by atoms with Gasteiger partial charge in [0.2, 0.25) is 0 Å². The summed E-state index contributed by atoms with van der Waals surface area (Å²) in [7, 11) is 0. The van der Waals surface area contributed by atoms with Crippen LogP contribution in [0.15, 0.2) is 0 Å². The molecule has 114 valence electrons. The quantitative estimate of drug-likeness (QED) is 0.618. The summed E-state index contributed by atoms with van der Waals surface area (Å²) in [6.45, 7) is 15.5. The van der Waals surface area contributed by atoms with E-state index in [1.54, 1.807) is 0 Å². The fourth-order valence-corrected chi connectivity index (χ4v) is 2.88. The van der Waals surface area contributed by atoms with E-state index in [-0.39, 0.29) is 0 Å². The fourth-order valence-electron chi connectivity index (χ4n) is 2.88. The van der Waals surface area contributed by atoms with Gasteiger partial charge in [0.25, 0.3) is 0 Å². The highest BCUT2D eigenvalue weighted by Crippen LogP contribution is 2.30. The molecule has 1 aliphatic heterocycles. The van der Waals surface area contributed by atoms with Crippen LogP contribution >= 0.6 is 0 Å². The van der Waals surface area contributed by atoms with Crippen LogP contribution in [0, 0.1) is 5.41 Å². The molecule has 0 spiro atoms. The minimum atomic E-state index is 0.340. The third-order valence-corrected chi connectivity index (χ3v) is 4.25. The molecule has 1 saturated heterocycles. The number of nitrogens with zero attached hydrogens (tertiary/aromatic N) is 1. The molecule has 0 radical (unpaired) electrons. The van der Waals surface area contributed by atoms with Crippen molar-refractivity contribution in [2.75, 3.05) is 39.4 Å². The van der Waals surface area contributed by atoms with Crippen molar-refractivity contribution >= 4 is 0 Å². The average Bonchev–Trinajstić information content (AvgIpc) is 2.84. The molecule has 0 aliphatic carbocycles. The lowest BCUT2D eigenvalue weighted by Crippen LogP contribution is -2.47. The van der Waals surface area contributed by atoms with E-state index in [9.17, 15) is 0 Å². The van der Waals surface area contributed by atoms with Gasteiger partial charge in [-0.3, -0.25) is 0 Å². The monoisotopic (exact) mass is 270 g/mol. The van der Waals surface area contributed by atoms with Gasteiger partial charge < -0.3 is 15.0 Å². The predicted octanol–water partition coefficient (Wildman–Crippen LogP) is 2.90. The third-order valence-electron chi connectivity index (χ3n) is 4.25. The summed E-state index contributed by atoms with van der Waals surface area (Å²) < 4.78 is 5.70. The maximum Gasteiger partial charge on any atom is 0.0547 e. The van der Waals surface area contributed by atoms with Crippen molar-refractivity contribution in [2.45, 2.75) is 59.4 Å². The Morgan fingerprint density at radius 3 is 2.58 bits per heavy atom. The zero-order valence-electron chi connectivity index (χ0n) is 13.5. The van der Waals surface area contributed by atoms with Crippen LogP contribution in [0.5, 0.6) is 0 Å². The van der Waals surface area contributed by atoms with Crippen LogP contribution in [0.25, 0.3) is 0 Å². The molecule has 3 nitrogen and oxygen atoms in total. The first-order valence-electron chi connectivity index (χ1n) is 8.16. The number of unbranched alkanes of at least 4 members (excludes halogenated alkanes) is 2. The van der Waals surface area contributed by atoms with Gasteiger partial charge >= 0.3 is 0 Å². The van der Waals surface area contributed by atoms with E-state index in [0.29, 0.717) is 11.5 Å². The molecule has 1 rings (SSSR count). The summed E-state index contributed by atoms with van der Waals surface area (Å²) in [6.07, 6.45) is 5.18. The van der Waals surface area contributed by atoms with Gasteiger partial charge in [-0.25, -0.2) is 0 Å². The summed E-state index contributed by atoms with van der Waals surface area (Å²) in [5.74, 6) is 0. The van der Waals surface area contributed by atoms with Crippen molar-refractivity contribution in [1.82, 2.24) is 10.2 Å². The van der Waals surface area contributed by atoms with E-state index in [1.165, 1.54) is 38.8 Å². The lowest BCUT2D eigenvalue weighted by atomic mass is 9.86. The Morgan fingerprint density at radius 1 is 1.26 bits per heavy atom. The minimum absolute atomic E-state index is 0.340. The van der Waals surface area contributed by atoms with Gasteiger partial charge in [-0.2, -0.15) is 0 Å². The van der Waals surface area contributed by atoms with Crippen LogP contribution in [0.1, 0.15) is 53.4 Å². The number of nitrogens with one attached hydrogen (secondary N) is 1. The molecule has 0 aromatic rings. The van der Waals surface area contributed by atoms with Crippen LogP contribution in [-0.2, 0) is 4.74 Å². The largest absolute Gasteiger partial charge is 0.381 e. The smallest absolute Gasteiger partial charge is 0.0547 e. The predicted molar refractivity (Wildman–Crippen MR) is 82.6 cm³/mol. The highest BCUT2D eigenvalue weighted by molar-refractivity contribution is 4.89. The molecule has 0 aromatic carbocycles. The van der Waals surface area contributed by atoms with E-state index >= 15 is 0 Å². The highest BCUT2D eigenvalue weighted by Gasteiger charge is 2.36. The Kier molecular flexibility index (Phi) is 7.96. The standard InChI is InChI=1S/C16H34N2O/c1-5-7-8-10-18(15(3)4)13-16(12-17-6-2)9-11-19-14-16/h15,17H,5-14H2,1-4H3. The van der Waals surface area contributed by atoms with Crippen molar-refractivity contribution < 1.29 is 4.74 Å². The second-order valence-electron chi connectivity index (χ2n) is 6.35. The van der Waals surface area contributed by atoms with Crippen molar-refractivity contribution in [3.63, 3.8) is 0 Å². The molecule has 0 amide bonds. The van der Waals surface area contributed by atoms with E-state index < -0.39 is 0 Å². The zero-order valence-corrected chi connectivity index (χ0v) is 13.5. The van der Waals surface area contributed by atoms with Crippen LogP contribution < -0.4 is 5.32 Å². The van der Waals surface area contributed by atoms with Crippen LogP contribution in [0.3, 0.4) is 0 Å². The Bertz CT molecular complexity index is 225. The zero-order chi connectivity index (χ0) is 14.1. The highest BCUT2D eigenvalue weighted by atomic mass is 16.5. The number of hydrogen-bond donors (Lipinski definition) is 1. The van der Waals surface area contributed by atoms with Gasteiger partial charge in [-0.15, -0.1) is 0 Å².